The van der Waals surface area contributed by atoms with Gasteiger partial charge in [-0.05, 0) is 54.4 Å². The quantitative estimate of drug-likeness (QED) is 0.475. The van der Waals surface area contributed by atoms with Crippen LogP contribution in [0.2, 0.25) is 0 Å². The standard InChI is InChI=1S/C26H27F3N2O3/c1-17(21-8-4-6-18-5-2-3-7-22(18)21)30-12-11-20-16-31(13-14-34-20)19-9-10-23(25(32)33)24(15-19)26(27,28)29/h2-10,15,17,20,30H,11-14,16H2,1H3,(H,32,33)/t17-,20?/m1/s1. The molecule has 4 rings (SSSR count). The van der Waals surface area contributed by atoms with Crippen LogP contribution in [0.3, 0.4) is 0 Å². The maximum Gasteiger partial charge on any atom is 0.417 e. The van der Waals surface area contributed by atoms with Crippen LogP contribution in [0, 0.1) is 0 Å². The average Bonchev–Trinajstić information content (AvgIpc) is 2.83. The topological polar surface area (TPSA) is 61.8 Å². The summed E-state index contributed by atoms with van der Waals surface area (Å²) in [4.78, 5) is 13.0. The number of carbonyl (C=O) groups is 1. The summed E-state index contributed by atoms with van der Waals surface area (Å²) in [5, 5.41) is 15.0. The Kier molecular flexibility index (Phi) is 7.09. The monoisotopic (exact) mass is 472 g/mol. The van der Waals surface area contributed by atoms with Gasteiger partial charge in [0.1, 0.15) is 0 Å². The molecule has 0 spiro atoms. The molecule has 1 unspecified atom stereocenters. The maximum absolute atomic E-state index is 13.4. The second kappa shape index (κ2) is 10.0. The predicted octanol–water partition coefficient (Wildman–Crippen LogP) is 5.50. The van der Waals surface area contributed by atoms with E-state index in [0.717, 1.165) is 12.1 Å². The number of fused-ring (bicyclic) bond motifs is 1. The van der Waals surface area contributed by atoms with Crippen molar-refractivity contribution in [3.05, 3.63) is 77.4 Å². The third-order valence-corrected chi connectivity index (χ3v) is 6.25. The first-order chi connectivity index (χ1) is 16.2. The fourth-order valence-electron chi connectivity index (χ4n) is 4.48. The lowest BCUT2D eigenvalue weighted by Gasteiger charge is -2.35. The molecule has 34 heavy (non-hydrogen) atoms. The molecular formula is C26H27F3N2O3. The first kappa shape index (κ1) is 24.0. The molecule has 8 heteroatoms. The minimum atomic E-state index is -4.74. The number of rotatable bonds is 7. The number of anilines is 1. The highest BCUT2D eigenvalue weighted by molar-refractivity contribution is 5.90. The van der Waals surface area contributed by atoms with E-state index in [1.807, 2.05) is 23.1 Å². The molecule has 180 valence electrons. The van der Waals surface area contributed by atoms with Crippen molar-refractivity contribution in [3.63, 3.8) is 0 Å². The molecule has 0 aliphatic carbocycles. The van der Waals surface area contributed by atoms with Crippen LogP contribution in [0.1, 0.15) is 40.9 Å². The Bertz CT molecular complexity index is 1160. The van der Waals surface area contributed by atoms with Gasteiger partial charge in [0.2, 0.25) is 0 Å². The largest absolute Gasteiger partial charge is 0.478 e. The molecule has 0 aromatic heterocycles. The molecule has 1 saturated heterocycles. The Morgan fingerprint density at radius 3 is 2.71 bits per heavy atom. The van der Waals surface area contributed by atoms with Crippen LogP contribution in [-0.4, -0.2) is 43.4 Å². The Labute approximate surface area is 196 Å². The number of morpholine rings is 1. The lowest BCUT2D eigenvalue weighted by atomic mass is 9.99. The zero-order chi connectivity index (χ0) is 24.3. The van der Waals surface area contributed by atoms with E-state index in [4.69, 9.17) is 9.84 Å². The number of alkyl halides is 3. The van der Waals surface area contributed by atoms with Crippen LogP contribution in [0.5, 0.6) is 0 Å². The normalized spacial score (nSPS) is 17.6. The number of carboxylic acid groups (broad SMARTS) is 1. The van der Waals surface area contributed by atoms with Gasteiger partial charge < -0.3 is 20.1 Å². The van der Waals surface area contributed by atoms with Crippen molar-refractivity contribution in [2.24, 2.45) is 0 Å². The summed E-state index contributed by atoms with van der Waals surface area (Å²) in [5.74, 6) is -1.59. The summed E-state index contributed by atoms with van der Waals surface area (Å²) < 4.78 is 46.0. The zero-order valence-electron chi connectivity index (χ0n) is 18.8. The molecule has 2 N–H and O–H groups in total. The van der Waals surface area contributed by atoms with E-state index in [2.05, 4.69) is 36.5 Å². The molecule has 3 aromatic rings. The summed E-state index contributed by atoms with van der Waals surface area (Å²) in [5.41, 5.74) is -0.316. The lowest BCUT2D eigenvalue weighted by molar-refractivity contribution is -0.138. The fraction of sp³-hybridized carbons (Fsp3) is 0.346. The highest BCUT2D eigenvalue weighted by atomic mass is 19.4. The Balaban J connectivity index is 1.38. The van der Waals surface area contributed by atoms with E-state index in [-0.39, 0.29) is 12.1 Å². The van der Waals surface area contributed by atoms with Gasteiger partial charge in [0, 0.05) is 24.8 Å². The Hall–Kier alpha value is -3.10. The molecular weight excluding hydrogens is 445 g/mol. The van der Waals surface area contributed by atoms with Crippen molar-refractivity contribution in [1.82, 2.24) is 5.32 Å². The van der Waals surface area contributed by atoms with Gasteiger partial charge in [-0.3, -0.25) is 0 Å². The number of hydrogen-bond acceptors (Lipinski definition) is 4. The van der Waals surface area contributed by atoms with E-state index in [9.17, 15) is 18.0 Å². The number of halogens is 3. The maximum atomic E-state index is 13.4. The average molecular weight is 473 g/mol. The molecule has 0 saturated carbocycles. The summed E-state index contributed by atoms with van der Waals surface area (Å²) in [7, 11) is 0. The van der Waals surface area contributed by atoms with Gasteiger partial charge in [0.15, 0.2) is 0 Å². The van der Waals surface area contributed by atoms with Gasteiger partial charge in [0.25, 0.3) is 0 Å². The number of nitrogens with one attached hydrogen (secondary N) is 1. The summed E-state index contributed by atoms with van der Waals surface area (Å²) in [6.07, 6.45) is -4.18. The fourth-order valence-corrected chi connectivity index (χ4v) is 4.48. The minimum Gasteiger partial charge on any atom is -0.478 e. The third-order valence-electron chi connectivity index (χ3n) is 6.25. The van der Waals surface area contributed by atoms with E-state index < -0.39 is 23.3 Å². The number of nitrogens with zero attached hydrogens (tertiary/aromatic N) is 1. The van der Waals surface area contributed by atoms with Gasteiger partial charge >= 0.3 is 12.1 Å². The van der Waals surface area contributed by atoms with E-state index in [1.54, 1.807) is 0 Å². The van der Waals surface area contributed by atoms with Crippen LogP contribution in [-0.2, 0) is 10.9 Å². The molecule has 1 aliphatic heterocycles. The number of benzene rings is 3. The number of hydrogen-bond donors (Lipinski definition) is 2. The molecule has 5 nitrogen and oxygen atoms in total. The number of carboxylic acids is 1. The molecule has 0 amide bonds. The number of ether oxygens (including phenoxy) is 1. The summed E-state index contributed by atoms with van der Waals surface area (Å²) >= 11 is 0. The molecule has 1 heterocycles. The second-order valence-electron chi connectivity index (χ2n) is 8.50. The van der Waals surface area contributed by atoms with Gasteiger partial charge in [-0.25, -0.2) is 4.79 Å². The molecule has 1 aliphatic rings. The SMILES string of the molecule is C[C@@H](NCCC1CN(c2ccc(C(=O)O)c(C(F)(F)F)c2)CCO1)c1cccc2ccccc12. The highest BCUT2D eigenvalue weighted by Crippen LogP contribution is 2.35. The smallest absolute Gasteiger partial charge is 0.417 e. The first-order valence-electron chi connectivity index (χ1n) is 11.3. The van der Waals surface area contributed by atoms with Crippen LogP contribution < -0.4 is 10.2 Å². The molecule has 3 aromatic carbocycles. The van der Waals surface area contributed by atoms with E-state index >= 15 is 0 Å². The van der Waals surface area contributed by atoms with Crippen LogP contribution >= 0.6 is 0 Å². The Morgan fingerprint density at radius 1 is 1.18 bits per heavy atom. The van der Waals surface area contributed by atoms with Crippen molar-refractivity contribution in [1.29, 1.82) is 0 Å². The van der Waals surface area contributed by atoms with Crippen molar-refractivity contribution in [2.45, 2.75) is 31.7 Å². The van der Waals surface area contributed by atoms with Gasteiger partial charge in [-0.1, -0.05) is 42.5 Å². The molecule has 0 radical (unpaired) electrons. The lowest BCUT2D eigenvalue weighted by Crippen LogP contribution is -2.43. The summed E-state index contributed by atoms with van der Waals surface area (Å²) in [6.45, 7) is 4.08. The third kappa shape index (κ3) is 5.34. The molecule has 1 fully saturated rings. The van der Waals surface area contributed by atoms with Crippen LogP contribution in [0.4, 0.5) is 18.9 Å². The highest BCUT2D eigenvalue weighted by Gasteiger charge is 2.36. The van der Waals surface area contributed by atoms with Crippen molar-refractivity contribution >= 4 is 22.4 Å². The van der Waals surface area contributed by atoms with Crippen molar-refractivity contribution < 1.29 is 27.8 Å². The van der Waals surface area contributed by atoms with E-state index in [0.29, 0.717) is 38.3 Å². The van der Waals surface area contributed by atoms with Gasteiger partial charge in [-0.2, -0.15) is 13.2 Å². The summed E-state index contributed by atoms with van der Waals surface area (Å²) in [6, 6.07) is 18.0. The predicted molar refractivity (Wildman–Crippen MR) is 125 cm³/mol. The zero-order valence-corrected chi connectivity index (χ0v) is 18.8. The number of aromatic carboxylic acids is 1. The first-order valence-corrected chi connectivity index (χ1v) is 11.3. The van der Waals surface area contributed by atoms with Gasteiger partial charge in [-0.15, -0.1) is 0 Å². The van der Waals surface area contributed by atoms with Gasteiger partial charge in [0.05, 0.1) is 23.8 Å². The van der Waals surface area contributed by atoms with E-state index in [1.165, 1.54) is 22.4 Å². The molecule has 2 atom stereocenters. The van der Waals surface area contributed by atoms with Crippen LogP contribution in [0.15, 0.2) is 60.7 Å². The van der Waals surface area contributed by atoms with Crippen molar-refractivity contribution in [2.75, 3.05) is 31.1 Å². The van der Waals surface area contributed by atoms with Crippen LogP contribution in [0.25, 0.3) is 10.8 Å². The molecule has 0 bridgehead atoms. The second-order valence-corrected chi connectivity index (χ2v) is 8.50. The Morgan fingerprint density at radius 2 is 1.94 bits per heavy atom. The minimum absolute atomic E-state index is 0.128. The van der Waals surface area contributed by atoms with Crippen molar-refractivity contribution in [3.8, 4) is 0 Å².